The van der Waals surface area contributed by atoms with Gasteiger partial charge in [-0.3, -0.25) is 23.2 Å². The van der Waals surface area contributed by atoms with Crippen LogP contribution in [0.1, 0.15) is 142 Å². The van der Waals surface area contributed by atoms with Gasteiger partial charge >= 0.3 is 27.6 Å². The number of phosphoric acid groups is 2. The highest BCUT2D eigenvalue weighted by Gasteiger charge is 2.36. The molecule has 1 rings (SSSR count). The molecular weight excluding hydrogens is 814 g/mol. The van der Waals surface area contributed by atoms with Gasteiger partial charge in [-0.2, -0.15) is 0 Å². The van der Waals surface area contributed by atoms with E-state index in [-0.39, 0.29) is 12.8 Å². The molecule has 0 radical (unpaired) electrons. The van der Waals surface area contributed by atoms with Gasteiger partial charge in [-0.25, -0.2) is 9.13 Å². The third kappa shape index (κ3) is 36.2. The van der Waals surface area contributed by atoms with E-state index >= 15 is 0 Å². The fraction of sp³-hybridized carbons (Fsp3) is 0.682. The first-order valence-corrected chi connectivity index (χ1v) is 24.8. The van der Waals surface area contributed by atoms with Crippen molar-refractivity contribution in [3.05, 3.63) is 72.9 Å². The summed E-state index contributed by atoms with van der Waals surface area (Å²) < 4.78 is 53.4. The first-order chi connectivity index (χ1) is 28.8. The average Bonchev–Trinajstić information content (AvgIpc) is 3.96. The van der Waals surface area contributed by atoms with Crippen molar-refractivity contribution in [2.24, 2.45) is 0 Å². The summed E-state index contributed by atoms with van der Waals surface area (Å²) in [5, 5.41) is 9.74. The van der Waals surface area contributed by atoms with Crippen LogP contribution in [0.4, 0.5) is 0 Å². The Morgan fingerprint density at radius 2 is 1.15 bits per heavy atom. The molecule has 344 valence electrons. The third-order valence-electron chi connectivity index (χ3n) is 8.99. The predicted octanol–water partition coefficient (Wildman–Crippen LogP) is 9.99. The van der Waals surface area contributed by atoms with Crippen LogP contribution in [-0.2, 0) is 46.5 Å². The summed E-state index contributed by atoms with van der Waals surface area (Å²) >= 11 is 0. The zero-order chi connectivity index (χ0) is 44.2. The Labute approximate surface area is 359 Å². The summed E-state index contributed by atoms with van der Waals surface area (Å²) in [5.41, 5.74) is 0. The van der Waals surface area contributed by atoms with E-state index in [1.54, 1.807) is 0 Å². The first kappa shape index (κ1) is 55.5. The second-order valence-electron chi connectivity index (χ2n) is 14.6. The Morgan fingerprint density at radius 3 is 1.80 bits per heavy atom. The average molecular weight is 889 g/mol. The molecule has 0 aromatic heterocycles. The molecule has 5 atom stereocenters. The van der Waals surface area contributed by atoms with Crippen molar-refractivity contribution in [3.63, 3.8) is 0 Å². The summed E-state index contributed by atoms with van der Waals surface area (Å²) in [6.45, 7) is 1.52. The topological polar surface area (TPSA) is 208 Å². The van der Waals surface area contributed by atoms with E-state index < -0.39 is 66.2 Å². The van der Waals surface area contributed by atoms with Crippen LogP contribution in [0.15, 0.2) is 72.9 Å². The molecule has 0 aromatic carbocycles. The van der Waals surface area contributed by atoms with Crippen molar-refractivity contribution in [3.8, 4) is 0 Å². The van der Waals surface area contributed by atoms with Crippen molar-refractivity contribution >= 4 is 27.6 Å². The number of phosphoric ester groups is 2. The van der Waals surface area contributed by atoms with Gasteiger partial charge in [0.15, 0.2) is 6.10 Å². The van der Waals surface area contributed by atoms with Gasteiger partial charge in [0.1, 0.15) is 12.7 Å². The minimum Gasteiger partial charge on any atom is -0.462 e. The molecule has 0 aromatic rings. The number of aliphatic hydroxyl groups excluding tert-OH is 1. The molecule has 0 spiro atoms. The van der Waals surface area contributed by atoms with E-state index in [9.17, 15) is 28.7 Å². The van der Waals surface area contributed by atoms with Gasteiger partial charge in [-0.1, -0.05) is 125 Å². The highest BCUT2D eigenvalue weighted by atomic mass is 31.2. The monoisotopic (exact) mass is 888 g/mol. The molecule has 1 saturated heterocycles. The van der Waals surface area contributed by atoms with E-state index in [0.29, 0.717) is 31.5 Å². The normalized spacial score (nSPS) is 18.1. The van der Waals surface area contributed by atoms with Gasteiger partial charge in [0.25, 0.3) is 0 Å². The van der Waals surface area contributed by atoms with Crippen molar-refractivity contribution in [2.45, 2.75) is 167 Å². The molecule has 1 aliphatic heterocycles. The number of ether oxygens (including phenoxy) is 3. The maximum Gasteiger partial charge on any atom is 0.472 e. The lowest BCUT2D eigenvalue weighted by Gasteiger charge is -2.20. The predicted molar refractivity (Wildman–Crippen MR) is 234 cm³/mol. The number of unbranched alkanes of at least 4 members (excludes halogenated alkanes) is 8. The van der Waals surface area contributed by atoms with Crippen LogP contribution in [0.5, 0.6) is 0 Å². The van der Waals surface area contributed by atoms with Crippen LogP contribution in [-0.4, -0.2) is 82.6 Å². The van der Waals surface area contributed by atoms with E-state index in [4.69, 9.17) is 28.5 Å². The SMILES string of the molecule is CC/C=C\C/C=C\C/C=C\CCCCCCCC(=O)O[C@H](COC(=O)CCC/C=C\C/C=C\C/C=C\CC1OC1CCCCC)COP(=O)(O)OC[C@@H](O)COP(=O)(O)O. The van der Waals surface area contributed by atoms with Crippen LogP contribution < -0.4 is 0 Å². The Balaban J connectivity index is 2.41. The van der Waals surface area contributed by atoms with Crippen molar-refractivity contribution in [2.75, 3.05) is 26.4 Å². The summed E-state index contributed by atoms with van der Waals surface area (Å²) in [7, 11) is -9.70. The van der Waals surface area contributed by atoms with E-state index in [2.05, 4.69) is 83.7 Å². The molecule has 0 amide bonds. The standard InChI is InChI=1S/C44H74O14P2/c1-3-5-7-8-9-10-11-12-13-14-15-20-23-26-30-34-44(47)57-40(38-56-60(51,52)55-36-39(45)35-54-59(48,49)50)37-53-43(46)33-29-25-22-19-17-16-18-21-24-28-32-42-41(58-42)31-27-6-4-2/h5,7,9-10,12-13,16,18-19,22,24,28,39-42,45H,3-4,6,8,11,14-15,17,20-21,23,25-27,29-38H2,1-2H3,(H,51,52)(H2,48,49,50)/b7-5-,10-9-,13-12-,18-16-,22-19-,28-24-/t39-,40+,41?,42?/m0/s1. The summed E-state index contributed by atoms with van der Waals surface area (Å²) in [5.74, 6) is -1.13. The van der Waals surface area contributed by atoms with Gasteiger partial charge in [0, 0.05) is 12.8 Å². The smallest absolute Gasteiger partial charge is 0.462 e. The van der Waals surface area contributed by atoms with Crippen molar-refractivity contribution in [1.29, 1.82) is 0 Å². The third-order valence-corrected chi connectivity index (χ3v) is 10.4. The molecule has 14 nitrogen and oxygen atoms in total. The van der Waals surface area contributed by atoms with Gasteiger partial charge in [-0.05, 0) is 77.0 Å². The molecule has 0 aliphatic carbocycles. The fourth-order valence-corrected chi connectivity index (χ4v) is 6.78. The Bertz CT molecular complexity index is 1400. The number of aliphatic hydroxyl groups is 1. The summed E-state index contributed by atoms with van der Waals surface area (Å²) in [4.78, 5) is 52.7. The second kappa shape index (κ2) is 36.0. The molecule has 4 N–H and O–H groups in total. The molecule has 1 aliphatic rings. The number of rotatable bonds is 39. The summed E-state index contributed by atoms with van der Waals surface area (Å²) in [6, 6.07) is 0. The number of carbonyl (C=O) groups is 2. The largest absolute Gasteiger partial charge is 0.472 e. The highest BCUT2D eigenvalue weighted by Crippen LogP contribution is 2.44. The molecule has 60 heavy (non-hydrogen) atoms. The summed E-state index contributed by atoms with van der Waals surface area (Å²) in [6.07, 6.45) is 40.8. The van der Waals surface area contributed by atoms with E-state index in [1.807, 2.05) is 12.2 Å². The van der Waals surface area contributed by atoms with Crippen molar-refractivity contribution < 1.29 is 66.3 Å². The van der Waals surface area contributed by atoms with Crippen molar-refractivity contribution in [1.82, 2.24) is 0 Å². The lowest BCUT2D eigenvalue weighted by molar-refractivity contribution is -0.161. The Kier molecular flexibility index (Phi) is 33.4. The highest BCUT2D eigenvalue weighted by molar-refractivity contribution is 7.47. The van der Waals surface area contributed by atoms with Gasteiger partial charge < -0.3 is 34.0 Å². The minimum atomic E-state index is -4.87. The lowest BCUT2D eigenvalue weighted by atomic mass is 10.1. The van der Waals surface area contributed by atoms with Crippen LogP contribution in [0.3, 0.4) is 0 Å². The lowest BCUT2D eigenvalue weighted by Crippen LogP contribution is -2.30. The van der Waals surface area contributed by atoms with Crippen LogP contribution in [0.25, 0.3) is 0 Å². The molecular formula is C44H74O14P2. The van der Waals surface area contributed by atoms with Gasteiger partial charge in [0.05, 0.1) is 32.0 Å². The van der Waals surface area contributed by atoms with E-state index in [0.717, 1.165) is 70.6 Å². The zero-order valence-electron chi connectivity index (χ0n) is 36.0. The maximum atomic E-state index is 12.7. The maximum absolute atomic E-state index is 12.7. The quantitative estimate of drug-likeness (QED) is 0.0149. The molecule has 1 fully saturated rings. The molecule has 0 saturated carbocycles. The van der Waals surface area contributed by atoms with Crippen LogP contribution in [0.2, 0.25) is 0 Å². The van der Waals surface area contributed by atoms with E-state index in [1.165, 1.54) is 25.7 Å². The molecule has 0 bridgehead atoms. The molecule has 16 heteroatoms. The molecule has 1 heterocycles. The number of carbonyl (C=O) groups excluding carboxylic acids is 2. The fourth-order valence-electron chi connectivity index (χ4n) is 5.62. The number of hydrogen-bond donors (Lipinski definition) is 4. The van der Waals surface area contributed by atoms with Crippen LogP contribution >= 0.6 is 15.6 Å². The molecule has 3 unspecified atom stereocenters. The Hall–Kier alpha value is -2.48. The second-order valence-corrected chi connectivity index (χ2v) is 17.3. The van der Waals surface area contributed by atoms with Crippen LogP contribution in [0, 0.1) is 0 Å². The number of esters is 2. The number of epoxide rings is 1. The zero-order valence-corrected chi connectivity index (χ0v) is 37.8. The number of hydrogen-bond acceptors (Lipinski definition) is 11. The van der Waals surface area contributed by atoms with Gasteiger partial charge in [0.2, 0.25) is 0 Å². The Morgan fingerprint density at radius 1 is 0.600 bits per heavy atom. The number of allylic oxidation sites excluding steroid dienone is 11. The van der Waals surface area contributed by atoms with Gasteiger partial charge in [-0.15, -0.1) is 0 Å². The minimum absolute atomic E-state index is 0.0941. The first-order valence-electron chi connectivity index (χ1n) is 21.8.